The van der Waals surface area contributed by atoms with Gasteiger partial charge in [0.05, 0.1) is 0 Å². The Bertz CT molecular complexity index is 2190. The van der Waals surface area contributed by atoms with Crippen LogP contribution in [-0.2, 0) is 32.1 Å². The lowest BCUT2D eigenvalue weighted by molar-refractivity contribution is -0.0505. The van der Waals surface area contributed by atoms with Crippen LogP contribution in [0.1, 0.15) is 22.3 Å². The van der Waals surface area contributed by atoms with Gasteiger partial charge in [0.1, 0.15) is 0 Å². The van der Waals surface area contributed by atoms with Crippen LogP contribution in [0.15, 0.2) is 94.7 Å². The van der Waals surface area contributed by atoms with E-state index in [9.17, 15) is 43.2 Å². The smallest absolute Gasteiger partial charge is 0.375 e. The fourth-order valence-electron chi connectivity index (χ4n) is 5.83. The van der Waals surface area contributed by atoms with E-state index < -0.39 is 48.2 Å². The quantitative estimate of drug-likeness (QED) is 0.0611. The summed E-state index contributed by atoms with van der Waals surface area (Å²) in [5.74, 6) is -1.38. The minimum absolute atomic E-state index is 0.211. The summed E-state index contributed by atoms with van der Waals surface area (Å²) in [6.45, 7) is 0. The zero-order chi connectivity index (χ0) is 33.4. The fourth-order valence-corrected chi connectivity index (χ4v) is 7.43. The van der Waals surface area contributed by atoms with Crippen LogP contribution < -0.4 is 8.37 Å². The van der Waals surface area contributed by atoms with Gasteiger partial charge in [0.2, 0.25) is 0 Å². The molecule has 0 unspecified atom stereocenters. The highest BCUT2D eigenvalue weighted by Gasteiger charge is 2.50. The Labute approximate surface area is 269 Å². The van der Waals surface area contributed by atoms with Crippen LogP contribution in [0, 0.1) is 0 Å². The van der Waals surface area contributed by atoms with Crippen molar-refractivity contribution in [1.29, 1.82) is 0 Å². The molecule has 0 N–H and O–H groups in total. The summed E-state index contributed by atoms with van der Waals surface area (Å²) in [6, 6.07) is 22.5. The standard InChI is InChI=1S/C30H18F6O6S4/c31-29(32,33)45(37,38)41-22-11-9-19(13-24(22)43)28(20-10-12-23(25(44)14-20)42-46(39,40)30(34,35)36)15-18-5-1-3-16-7-8-17-4-2-6-21(28)27(17)26(16)18/h1-14,43-44H,15H2. The molecule has 0 spiro atoms. The Morgan fingerprint density at radius 1 is 0.609 bits per heavy atom. The normalized spacial score (nSPS) is 15.0. The minimum atomic E-state index is -6.02. The third-order valence-corrected chi connectivity index (χ3v) is 10.4. The van der Waals surface area contributed by atoms with E-state index in [-0.39, 0.29) is 16.2 Å². The molecule has 0 aromatic heterocycles. The van der Waals surface area contributed by atoms with E-state index in [0.717, 1.165) is 39.2 Å². The van der Waals surface area contributed by atoms with E-state index in [0.29, 0.717) is 16.7 Å². The molecule has 0 saturated carbocycles. The third-order valence-electron chi connectivity index (χ3n) is 7.76. The summed E-state index contributed by atoms with van der Waals surface area (Å²) in [4.78, 5) is -0.507. The fraction of sp³-hybridized carbons (Fsp3) is 0.133. The average Bonchev–Trinajstić information content (AvgIpc) is 2.96. The second kappa shape index (κ2) is 10.7. The molecule has 0 radical (unpaired) electrons. The summed E-state index contributed by atoms with van der Waals surface area (Å²) in [5, 5.41) is 3.53. The van der Waals surface area contributed by atoms with Gasteiger partial charge >= 0.3 is 31.3 Å². The van der Waals surface area contributed by atoms with Crippen LogP contribution in [0.3, 0.4) is 0 Å². The number of thiol groups is 2. The second-order valence-corrected chi connectivity index (χ2v) is 14.4. The van der Waals surface area contributed by atoms with Gasteiger partial charge in [-0.15, -0.1) is 25.3 Å². The van der Waals surface area contributed by atoms with Crippen molar-refractivity contribution in [3.05, 3.63) is 107 Å². The molecule has 0 fully saturated rings. The maximum atomic E-state index is 13.1. The summed E-state index contributed by atoms with van der Waals surface area (Å²) < 4.78 is 134. The van der Waals surface area contributed by atoms with Crippen molar-refractivity contribution >= 4 is 67.0 Å². The van der Waals surface area contributed by atoms with Crippen LogP contribution >= 0.6 is 25.3 Å². The topological polar surface area (TPSA) is 86.7 Å². The molecule has 46 heavy (non-hydrogen) atoms. The highest BCUT2D eigenvalue weighted by atomic mass is 32.2. The zero-order valence-corrected chi connectivity index (χ0v) is 26.1. The SMILES string of the molecule is O=S(=O)(Oc1ccc(C2(c3ccc(OS(=O)(=O)C(F)(F)F)c(S)c3)Cc3cccc4ccc5cccc2c5c34)cc1S)C(F)(F)F. The van der Waals surface area contributed by atoms with Crippen molar-refractivity contribution in [2.45, 2.75) is 32.6 Å². The average molecular weight is 717 g/mol. The maximum absolute atomic E-state index is 13.1. The Kier molecular flexibility index (Phi) is 7.54. The highest BCUT2D eigenvalue weighted by molar-refractivity contribution is 7.88. The predicted molar refractivity (Wildman–Crippen MR) is 164 cm³/mol. The van der Waals surface area contributed by atoms with Crippen molar-refractivity contribution < 1.29 is 51.5 Å². The van der Waals surface area contributed by atoms with Crippen molar-refractivity contribution in [1.82, 2.24) is 0 Å². The number of rotatable bonds is 6. The second-order valence-electron chi connectivity index (χ2n) is 10.4. The molecule has 16 heteroatoms. The molecule has 0 heterocycles. The Morgan fingerprint density at radius 2 is 1.07 bits per heavy atom. The van der Waals surface area contributed by atoms with E-state index >= 15 is 0 Å². The van der Waals surface area contributed by atoms with Gasteiger partial charge in [0.15, 0.2) is 11.5 Å². The van der Waals surface area contributed by atoms with Gasteiger partial charge in [0, 0.05) is 15.2 Å². The predicted octanol–water partition coefficient (Wildman–Crippen LogP) is 7.92. The van der Waals surface area contributed by atoms with Crippen LogP contribution in [0.25, 0.3) is 21.5 Å². The van der Waals surface area contributed by atoms with Crippen molar-refractivity contribution in [3.63, 3.8) is 0 Å². The first-order valence-electron chi connectivity index (χ1n) is 13.0. The van der Waals surface area contributed by atoms with Gasteiger partial charge in [-0.2, -0.15) is 43.2 Å². The maximum Gasteiger partial charge on any atom is 0.534 e. The van der Waals surface area contributed by atoms with Gasteiger partial charge in [-0.25, -0.2) is 0 Å². The first kappa shape index (κ1) is 32.3. The Morgan fingerprint density at radius 3 is 1.52 bits per heavy atom. The van der Waals surface area contributed by atoms with E-state index in [1.165, 1.54) is 24.3 Å². The number of hydrogen-bond donors (Lipinski definition) is 2. The van der Waals surface area contributed by atoms with Crippen molar-refractivity contribution in [2.75, 3.05) is 0 Å². The summed E-state index contributed by atoms with van der Waals surface area (Å²) >= 11 is 8.50. The molecule has 0 atom stereocenters. The number of alkyl halides is 6. The van der Waals surface area contributed by atoms with E-state index in [4.69, 9.17) is 0 Å². The van der Waals surface area contributed by atoms with Gasteiger partial charge < -0.3 is 8.37 Å². The summed E-state index contributed by atoms with van der Waals surface area (Å²) in [7, 11) is -12.0. The lowest BCUT2D eigenvalue weighted by Gasteiger charge is -2.41. The largest absolute Gasteiger partial charge is 0.534 e. The van der Waals surface area contributed by atoms with Gasteiger partial charge in [0.25, 0.3) is 0 Å². The Hall–Kier alpha value is -3.60. The molecule has 0 aliphatic heterocycles. The molecule has 0 bridgehead atoms. The van der Waals surface area contributed by atoms with Gasteiger partial charge in [-0.1, -0.05) is 60.7 Å². The number of hydrogen-bond acceptors (Lipinski definition) is 8. The molecular weight excluding hydrogens is 699 g/mol. The van der Waals surface area contributed by atoms with Crippen LogP contribution in [-0.4, -0.2) is 27.9 Å². The molecule has 1 aliphatic carbocycles. The van der Waals surface area contributed by atoms with Crippen molar-refractivity contribution in [3.8, 4) is 11.5 Å². The molecule has 5 aromatic carbocycles. The van der Waals surface area contributed by atoms with Crippen LogP contribution in [0.2, 0.25) is 0 Å². The number of halogens is 6. The zero-order valence-electron chi connectivity index (χ0n) is 22.7. The molecule has 6 rings (SSSR count). The third kappa shape index (κ3) is 5.15. The van der Waals surface area contributed by atoms with Crippen molar-refractivity contribution in [2.24, 2.45) is 0 Å². The first-order valence-corrected chi connectivity index (χ1v) is 16.7. The molecule has 6 nitrogen and oxygen atoms in total. The molecule has 5 aromatic rings. The van der Waals surface area contributed by atoms with Gasteiger partial charge in [-0.3, -0.25) is 0 Å². The van der Waals surface area contributed by atoms with Gasteiger partial charge in [-0.05, 0) is 74.5 Å². The van der Waals surface area contributed by atoms with E-state index in [1.54, 1.807) is 6.07 Å². The van der Waals surface area contributed by atoms with E-state index in [2.05, 4.69) is 33.6 Å². The van der Waals surface area contributed by atoms with Crippen LogP contribution in [0.5, 0.6) is 11.5 Å². The molecule has 0 saturated heterocycles. The minimum Gasteiger partial charge on any atom is -0.375 e. The lowest BCUT2D eigenvalue weighted by Crippen LogP contribution is -2.34. The molecule has 240 valence electrons. The Balaban J connectivity index is 1.61. The molecule has 1 aliphatic rings. The first-order chi connectivity index (χ1) is 21.4. The molecular formula is C30H18F6O6S4. The van der Waals surface area contributed by atoms with Crippen LogP contribution in [0.4, 0.5) is 26.3 Å². The number of benzene rings is 5. The summed E-state index contributed by atoms with van der Waals surface area (Å²) in [6.07, 6.45) is 0.211. The summed E-state index contributed by atoms with van der Waals surface area (Å²) in [5.41, 5.74) is -10.3. The highest BCUT2D eigenvalue weighted by Crippen LogP contribution is 2.52. The molecule has 0 amide bonds. The lowest BCUT2D eigenvalue weighted by atomic mass is 9.62. The monoisotopic (exact) mass is 716 g/mol. The van der Waals surface area contributed by atoms with E-state index in [1.807, 2.05) is 42.5 Å².